The molecule has 2 fully saturated rings. The monoisotopic (exact) mass is 812 g/mol. The van der Waals surface area contributed by atoms with E-state index < -0.39 is 35.6 Å². The van der Waals surface area contributed by atoms with E-state index in [1.165, 1.54) is 0 Å². The summed E-state index contributed by atoms with van der Waals surface area (Å²) < 4.78 is 13.2. The largest absolute Gasteiger partial charge is 0.380 e. The minimum atomic E-state index is -1.03. The van der Waals surface area contributed by atoms with Gasteiger partial charge in [0.2, 0.25) is 17.6 Å². The van der Waals surface area contributed by atoms with E-state index in [9.17, 15) is 24.0 Å². The predicted octanol–water partition coefficient (Wildman–Crippen LogP) is 5.31. The van der Waals surface area contributed by atoms with Crippen molar-refractivity contribution in [1.29, 1.82) is 0 Å². The lowest BCUT2D eigenvalue weighted by Gasteiger charge is -2.27. The molecule has 9 rings (SSSR count). The molecule has 17 nitrogen and oxygen atoms in total. The van der Waals surface area contributed by atoms with Gasteiger partial charge in [-0.25, -0.2) is 14.6 Å². The molecule has 5 amide bonds. The number of piperidine rings is 1. The van der Waals surface area contributed by atoms with E-state index in [2.05, 4.69) is 44.3 Å². The van der Waals surface area contributed by atoms with Crippen molar-refractivity contribution in [3.63, 3.8) is 0 Å². The smallest absolute Gasteiger partial charge is 0.289 e. The highest BCUT2D eigenvalue weighted by molar-refractivity contribution is 6.24. The summed E-state index contributed by atoms with van der Waals surface area (Å²) in [6.45, 7) is 9.27. The van der Waals surface area contributed by atoms with Gasteiger partial charge in [-0.05, 0) is 94.7 Å². The standard InChI is InChI=1S/C43H44N10O7/c1-5-52-32(20-29(50-52)24-11-12-24)46-38-36-28-18-21(2)27(34-22(3)51-60-23(34)4)19-30(28)45-37(36)48-39(49-38)41(56)44-15-17-59-16-7-9-25-8-6-10-26-35(25)43(58)53(42(26)57)31-13-14-33(54)47-40(31)55/h6,8,10,18-20,24,31H,5,7,9,11-17H2,1-4H3,(H,44,56)(H,47,54,55)(H2,45,46,48,49). The van der Waals surface area contributed by atoms with Gasteiger partial charge in [-0.2, -0.15) is 5.10 Å². The molecule has 308 valence electrons. The number of hydrogen-bond acceptors (Lipinski definition) is 12. The SMILES string of the molecule is CCn1nc(C2CC2)cc1Nc1nc(C(=O)NCCOCCCc2cccc3c2C(=O)N(C2CCC(=O)NC2=O)C3=O)nc2[nH]c3cc(-c4c(C)noc4C)c(C)cc3c12. The van der Waals surface area contributed by atoms with Gasteiger partial charge in [-0.1, -0.05) is 17.3 Å². The molecule has 0 spiro atoms. The van der Waals surface area contributed by atoms with Crippen LogP contribution in [0, 0.1) is 20.8 Å². The second-order valence-corrected chi connectivity index (χ2v) is 15.6. The van der Waals surface area contributed by atoms with Crippen LogP contribution in [0.3, 0.4) is 0 Å². The van der Waals surface area contributed by atoms with Gasteiger partial charge in [0.15, 0.2) is 0 Å². The maximum Gasteiger partial charge on any atom is 0.289 e. The van der Waals surface area contributed by atoms with E-state index in [4.69, 9.17) is 24.3 Å². The van der Waals surface area contributed by atoms with Crippen LogP contribution >= 0.6 is 0 Å². The number of aromatic nitrogens is 6. The van der Waals surface area contributed by atoms with Crippen molar-refractivity contribution in [3.05, 3.63) is 81.6 Å². The Hall–Kier alpha value is -6.75. The first-order valence-corrected chi connectivity index (χ1v) is 20.3. The Morgan fingerprint density at radius 1 is 0.983 bits per heavy atom. The van der Waals surface area contributed by atoms with Gasteiger partial charge >= 0.3 is 0 Å². The Morgan fingerprint density at radius 2 is 1.82 bits per heavy atom. The summed E-state index contributed by atoms with van der Waals surface area (Å²) in [4.78, 5) is 78.3. The maximum atomic E-state index is 13.6. The minimum absolute atomic E-state index is 0.0206. The van der Waals surface area contributed by atoms with Crippen LogP contribution in [-0.4, -0.2) is 90.1 Å². The summed E-state index contributed by atoms with van der Waals surface area (Å²) in [6.07, 6.45) is 3.37. The van der Waals surface area contributed by atoms with Crippen LogP contribution in [0.5, 0.6) is 0 Å². The molecule has 2 aromatic carbocycles. The van der Waals surface area contributed by atoms with Crippen LogP contribution in [0.1, 0.15) is 105 Å². The molecule has 6 aromatic rings. The van der Waals surface area contributed by atoms with Crippen LogP contribution in [0.25, 0.3) is 33.1 Å². The number of imide groups is 2. The topological polar surface area (TPSA) is 219 Å². The number of nitrogens with one attached hydrogen (secondary N) is 4. The molecule has 4 aromatic heterocycles. The fourth-order valence-corrected chi connectivity index (χ4v) is 8.33. The van der Waals surface area contributed by atoms with E-state index >= 15 is 0 Å². The van der Waals surface area contributed by atoms with Crippen molar-refractivity contribution in [2.24, 2.45) is 0 Å². The number of H-pyrrole nitrogens is 1. The van der Waals surface area contributed by atoms with Gasteiger partial charge in [0.1, 0.15) is 29.1 Å². The molecule has 1 aliphatic carbocycles. The predicted molar refractivity (Wildman–Crippen MR) is 219 cm³/mol. The second-order valence-electron chi connectivity index (χ2n) is 15.6. The van der Waals surface area contributed by atoms with Crippen molar-refractivity contribution in [3.8, 4) is 11.1 Å². The molecule has 0 radical (unpaired) electrons. The molecule has 6 heterocycles. The van der Waals surface area contributed by atoms with E-state index in [1.54, 1.807) is 18.2 Å². The van der Waals surface area contributed by atoms with Crippen LogP contribution in [0.4, 0.5) is 11.6 Å². The van der Waals surface area contributed by atoms with E-state index in [0.29, 0.717) is 48.9 Å². The number of carbonyl (C=O) groups excluding carboxylic acids is 5. The van der Waals surface area contributed by atoms with Crippen molar-refractivity contribution < 1.29 is 33.2 Å². The fraction of sp³-hybridized carbons (Fsp3) is 0.372. The van der Waals surface area contributed by atoms with Gasteiger partial charge < -0.3 is 24.9 Å². The first-order valence-electron chi connectivity index (χ1n) is 20.3. The highest BCUT2D eigenvalue weighted by Crippen LogP contribution is 2.41. The van der Waals surface area contributed by atoms with Crippen molar-refractivity contribution in [2.45, 2.75) is 84.7 Å². The molecule has 60 heavy (non-hydrogen) atoms. The van der Waals surface area contributed by atoms with Crippen molar-refractivity contribution >= 4 is 63.1 Å². The molecule has 0 bridgehead atoms. The molecule has 1 atom stereocenters. The van der Waals surface area contributed by atoms with Crippen LogP contribution in [-0.2, 0) is 27.3 Å². The summed E-state index contributed by atoms with van der Waals surface area (Å²) in [5, 5.41) is 19.2. The van der Waals surface area contributed by atoms with Gasteiger partial charge in [0.05, 0.1) is 34.5 Å². The lowest BCUT2D eigenvalue weighted by Crippen LogP contribution is -2.54. The third-order valence-corrected chi connectivity index (χ3v) is 11.5. The highest BCUT2D eigenvalue weighted by Gasteiger charge is 2.45. The van der Waals surface area contributed by atoms with Crippen LogP contribution in [0.15, 0.2) is 40.9 Å². The van der Waals surface area contributed by atoms with Gasteiger partial charge in [-0.3, -0.25) is 34.2 Å². The summed E-state index contributed by atoms with van der Waals surface area (Å²) >= 11 is 0. The number of rotatable bonds is 14. The number of amides is 5. The quantitative estimate of drug-likeness (QED) is 0.0813. The number of nitrogens with zero attached hydrogens (tertiary/aromatic N) is 6. The third kappa shape index (κ3) is 6.97. The molecule has 1 saturated carbocycles. The Kier molecular flexibility index (Phi) is 9.98. The number of aryl methyl sites for hydroxylation is 5. The number of benzene rings is 2. The molecule has 1 saturated heterocycles. The number of fused-ring (bicyclic) bond motifs is 4. The Labute approximate surface area is 343 Å². The zero-order valence-electron chi connectivity index (χ0n) is 33.7. The molecule has 3 aliphatic rings. The number of anilines is 2. The first kappa shape index (κ1) is 38.8. The average Bonchev–Trinajstić information content (AvgIpc) is 3.68. The number of hydrogen-bond donors (Lipinski definition) is 4. The van der Waals surface area contributed by atoms with Crippen molar-refractivity contribution in [1.82, 2.24) is 45.4 Å². The molecule has 17 heteroatoms. The Balaban J connectivity index is 0.882. The Bertz CT molecular complexity index is 2740. The minimum Gasteiger partial charge on any atom is -0.380 e. The maximum absolute atomic E-state index is 13.6. The summed E-state index contributed by atoms with van der Waals surface area (Å²) in [5.41, 5.74) is 7.28. The highest BCUT2D eigenvalue weighted by atomic mass is 16.5. The van der Waals surface area contributed by atoms with E-state index in [0.717, 1.165) is 73.7 Å². The van der Waals surface area contributed by atoms with Crippen LogP contribution in [0.2, 0.25) is 0 Å². The first-order chi connectivity index (χ1) is 29.0. The molecular formula is C43H44N10O7. The Morgan fingerprint density at radius 3 is 2.57 bits per heavy atom. The molecular weight excluding hydrogens is 769 g/mol. The van der Waals surface area contributed by atoms with E-state index in [-0.39, 0.29) is 42.9 Å². The van der Waals surface area contributed by atoms with Gasteiger partial charge in [-0.15, -0.1) is 0 Å². The van der Waals surface area contributed by atoms with Crippen LogP contribution < -0.4 is 16.0 Å². The molecule has 4 N–H and O–H groups in total. The zero-order valence-corrected chi connectivity index (χ0v) is 33.7. The zero-order chi connectivity index (χ0) is 41.8. The van der Waals surface area contributed by atoms with Gasteiger partial charge in [0, 0.05) is 54.6 Å². The normalized spacial score (nSPS) is 16.6. The average molecular weight is 813 g/mol. The van der Waals surface area contributed by atoms with Gasteiger partial charge in [0.25, 0.3) is 17.7 Å². The van der Waals surface area contributed by atoms with E-state index in [1.807, 2.05) is 32.4 Å². The fourth-order valence-electron chi connectivity index (χ4n) is 8.33. The third-order valence-electron chi connectivity index (χ3n) is 11.5. The lowest BCUT2D eigenvalue weighted by atomic mass is 9.97. The molecule has 2 aliphatic heterocycles. The number of ether oxygens (including phenoxy) is 1. The summed E-state index contributed by atoms with van der Waals surface area (Å²) in [6, 6.07) is 10.2. The number of carbonyl (C=O) groups is 5. The molecule has 1 unspecified atom stereocenters. The number of aromatic amines is 1. The second kappa shape index (κ2) is 15.4. The summed E-state index contributed by atoms with van der Waals surface area (Å²) in [7, 11) is 0. The summed E-state index contributed by atoms with van der Waals surface area (Å²) in [5.74, 6) is -0.204. The van der Waals surface area contributed by atoms with Crippen molar-refractivity contribution in [2.75, 3.05) is 25.1 Å². The lowest BCUT2D eigenvalue weighted by molar-refractivity contribution is -0.136.